The number of hydrogen-bond acceptors (Lipinski definition) is 4. The lowest BCUT2D eigenvalue weighted by Crippen LogP contribution is -1.86. The minimum absolute atomic E-state index is 0.216. The van der Waals surface area contributed by atoms with Gasteiger partial charge in [0.15, 0.2) is 0 Å². The van der Waals surface area contributed by atoms with E-state index in [2.05, 4.69) is 15.1 Å². The topological polar surface area (TPSA) is 51.8 Å². The average molecular weight is 241 g/mol. The van der Waals surface area contributed by atoms with Crippen LogP contribution in [0.5, 0.6) is 0 Å². The fraction of sp³-hybridized carbons (Fsp3) is 0. The lowest BCUT2D eigenvalue weighted by atomic mass is 10.2. The zero-order valence-electron chi connectivity index (χ0n) is 9.25. The van der Waals surface area contributed by atoms with Gasteiger partial charge < -0.3 is 4.52 Å². The molecule has 0 saturated heterocycles. The van der Waals surface area contributed by atoms with Gasteiger partial charge in [0.05, 0.1) is 5.56 Å². The molecule has 0 fully saturated rings. The highest BCUT2D eigenvalue weighted by Crippen LogP contribution is 2.22. The second-order valence-corrected chi connectivity index (χ2v) is 3.62. The van der Waals surface area contributed by atoms with Crippen LogP contribution in [0.25, 0.3) is 23.0 Å². The molecule has 0 bridgehead atoms. The van der Waals surface area contributed by atoms with Gasteiger partial charge >= 0.3 is 0 Å². The summed E-state index contributed by atoms with van der Waals surface area (Å²) in [5.74, 6) is 0.105. The summed E-state index contributed by atoms with van der Waals surface area (Å²) in [6.07, 6.45) is 1.63. The number of rotatable bonds is 2. The predicted molar refractivity (Wildman–Crippen MR) is 62.9 cm³/mol. The maximum Gasteiger partial charge on any atom is 0.276 e. The van der Waals surface area contributed by atoms with E-state index in [1.807, 2.05) is 6.07 Å². The van der Waals surface area contributed by atoms with E-state index in [1.54, 1.807) is 36.5 Å². The van der Waals surface area contributed by atoms with Gasteiger partial charge in [-0.05, 0) is 24.3 Å². The summed E-state index contributed by atoms with van der Waals surface area (Å²) in [7, 11) is 0. The van der Waals surface area contributed by atoms with Crippen LogP contribution < -0.4 is 0 Å². The molecular weight excluding hydrogens is 233 g/mol. The van der Waals surface area contributed by atoms with Crippen molar-refractivity contribution in [2.24, 2.45) is 0 Å². The molecule has 0 saturated carbocycles. The largest absolute Gasteiger partial charge is 0.332 e. The maximum absolute atomic E-state index is 13.5. The lowest BCUT2D eigenvalue weighted by molar-refractivity contribution is 0.430. The van der Waals surface area contributed by atoms with Crippen LogP contribution in [0.1, 0.15) is 0 Å². The Labute approximate surface area is 102 Å². The van der Waals surface area contributed by atoms with Crippen molar-refractivity contribution in [3.05, 3.63) is 54.5 Å². The predicted octanol–water partition coefficient (Wildman–Crippen LogP) is 2.94. The van der Waals surface area contributed by atoms with E-state index in [9.17, 15) is 4.39 Å². The molecule has 2 heterocycles. The summed E-state index contributed by atoms with van der Waals surface area (Å²) in [5, 5.41) is 3.76. The van der Waals surface area contributed by atoms with Crippen LogP contribution in [0.15, 0.2) is 53.2 Å². The van der Waals surface area contributed by atoms with Gasteiger partial charge in [-0.2, -0.15) is 4.98 Å². The van der Waals surface area contributed by atoms with Crippen molar-refractivity contribution in [1.29, 1.82) is 0 Å². The van der Waals surface area contributed by atoms with E-state index in [0.29, 0.717) is 11.3 Å². The van der Waals surface area contributed by atoms with Crippen molar-refractivity contribution < 1.29 is 8.91 Å². The summed E-state index contributed by atoms with van der Waals surface area (Å²) in [5.41, 5.74) is 0.871. The standard InChI is InChI=1S/C13H8FN3O/c14-10-6-2-1-5-9(10)12-16-13(18-17-12)11-7-3-4-8-15-11/h1-8H. The van der Waals surface area contributed by atoms with E-state index in [4.69, 9.17) is 4.52 Å². The molecule has 0 spiro atoms. The molecule has 2 aromatic heterocycles. The Bertz CT molecular complexity index is 667. The quantitative estimate of drug-likeness (QED) is 0.692. The van der Waals surface area contributed by atoms with E-state index in [0.717, 1.165) is 0 Å². The van der Waals surface area contributed by atoms with Crippen LogP contribution in [0.2, 0.25) is 0 Å². The Hall–Kier alpha value is -2.56. The van der Waals surface area contributed by atoms with Crippen molar-refractivity contribution in [3.63, 3.8) is 0 Å². The monoisotopic (exact) mass is 241 g/mol. The first-order valence-corrected chi connectivity index (χ1v) is 5.34. The number of hydrogen-bond donors (Lipinski definition) is 0. The number of nitrogens with zero attached hydrogens (tertiary/aromatic N) is 3. The Kier molecular flexibility index (Phi) is 2.57. The van der Waals surface area contributed by atoms with Gasteiger partial charge in [0, 0.05) is 6.20 Å². The zero-order chi connectivity index (χ0) is 12.4. The molecule has 0 unspecified atom stereocenters. The number of halogens is 1. The third kappa shape index (κ3) is 1.86. The van der Waals surface area contributed by atoms with Crippen molar-refractivity contribution in [3.8, 4) is 23.0 Å². The van der Waals surface area contributed by atoms with Crippen molar-refractivity contribution >= 4 is 0 Å². The number of benzene rings is 1. The van der Waals surface area contributed by atoms with Gasteiger partial charge in [0.1, 0.15) is 11.5 Å². The molecule has 5 heteroatoms. The summed E-state index contributed by atoms with van der Waals surface area (Å²) in [4.78, 5) is 8.22. The van der Waals surface area contributed by atoms with Crippen molar-refractivity contribution in [1.82, 2.24) is 15.1 Å². The van der Waals surface area contributed by atoms with Crippen molar-refractivity contribution in [2.75, 3.05) is 0 Å². The van der Waals surface area contributed by atoms with Crippen LogP contribution in [0.3, 0.4) is 0 Å². The smallest absolute Gasteiger partial charge is 0.276 e. The summed E-state index contributed by atoms with van der Waals surface area (Å²) < 4.78 is 18.6. The molecule has 0 aliphatic rings. The van der Waals surface area contributed by atoms with Crippen LogP contribution in [-0.4, -0.2) is 15.1 Å². The molecule has 3 aromatic rings. The number of aromatic nitrogens is 3. The minimum Gasteiger partial charge on any atom is -0.332 e. The van der Waals surface area contributed by atoms with Crippen LogP contribution in [0, 0.1) is 5.82 Å². The maximum atomic E-state index is 13.5. The zero-order valence-corrected chi connectivity index (χ0v) is 9.25. The third-order valence-electron chi connectivity index (χ3n) is 2.42. The van der Waals surface area contributed by atoms with E-state index < -0.39 is 0 Å². The first-order valence-electron chi connectivity index (χ1n) is 5.34. The molecule has 88 valence electrons. The molecule has 1 aromatic carbocycles. The fourth-order valence-electron chi connectivity index (χ4n) is 1.57. The highest BCUT2D eigenvalue weighted by atomic mass is 19.1. The molecule has 0 amide bonds. The van der Waals surface area contributed by atoms with Crippen LogP contribution in [0.4, 0.5) is 4.39 Å². The summed E-state index contributed by atoms with van der Waals surface area (Å²) >= 11 is 0. The summed E-state index contributed by atoms with van der Waals surface area (Å²) in [6, 6.07) is 11.6. The average Bonchev–Trinajstić information content (AvgIpc) is 2.90. The first kappa shape index (κ1) is 10.6. The Morgan fingerprint density at radius 1 is 1.00 bits per heavy atom. The second kappa shape index (κ2) is 4.37. The molecule has 18 heavy (non-hydrogen) atoms. The van der Waals surface area contributed by atoms with Gasteiger partial charge in [-0.3, -0.25) is 4.98 Å². The molecule has 0 atom stereocenters. The third-order valence-corrected chi connectivity index (χ3v) is 2.42. The van der Waals surface area contributed by atoms with Crippen LogP contribution in [-0.2, 0) is 0 Å². The SMILES string of the molecule is Fc1ccccc1-c1noc(-c2ccccn2)n1. The minimum atomic E-state index is -0.383. The van der Waals surface area contributed by atoms with E-state index >= 15 is 0 Å². The molecular formula is C13H8FN3O. The fourth-order valence-corrected chi connectivity index (χ4v) is 1.57. The molecule has 0 aliphatic heterocycles. The van der Waals surface area contributed by atoms with Gasteiger partial charge in [-0.1, -0.05) is 23.4 Å². The van der Waals surface area contributed by atoms with Gasteiger partial charge in [0.2, 0.25) is 5.82 Å². The molecule has 4 nitrogen and oxygen atoms in total. The Morgan fingerprint density at radius 2 is 1.83 bits per heavy atom. The Balaban J connectivity index is 2.03. The highest BCUT2D eigenvalue weighted by molar-refractivity contribution is 5.58. The second-order valence-electron chi connectivity index (χ2n) is 3.62. The molecule has 3 rings (SSSR count). The molecule has 0 aliphatic carbocycles. The van der Waals surface area contributed by atoms with Crippen LogP contribution >= 0.6 is 0 Å². The lowest BCUT2D eigenvalue weighted by Gasteiger charge is -1.94. The molecule has 0 radical (unpaired) electrons. The van der Waals surface area contributed by atoms with E-state index in [-0.39, 0.29) is 17.5 Å². The highest BCUT2D eigenvalue weighted by Gasteiger charge is 2.13. The van der Waals surface area contributed by atoms with Gasteiger partial charge in [-0.15, -0.1) is 0 Å². The number of pyridine rings is 1. The van der Waals surface area contributed by atoms with Gasteiger partial charge in [0.25, 0.3) is 5.89 Å². The first-order chi connectivity index (χ1) is 8.84. The molecule has 0 N–H and O–H groups in total. The van der Waals surface area contributed by atoms with E-state index in [1.165, 1.54) is 6.07 Å². The van der Waals surface area contributed by atoms with Crippen molar-refractivity contribution in [2.45, 2.75) is 0 Å². The van der Waals surface area contributed by atoms with Gasteiger partial charge in [-0.25, -0.2) is 4.39 Å². The Morgan fingerprint density at radius 3 is 2.61 bits per heavy atom. The summed E-state index contributed by atoms with van der Waals surface area (Å²) in [6.45, 7) is 0. The normalized spacial score (nSPS) is 10.5.